The highest BCUT2D eigenvalue weighted by Gasteiger charge is 2.12. The van der Waals surface area contributed by atoms with E-state index in [4.69, 9.17) is 22.1 Å². The molecule has 66 valence electrons. The number of nitrogens with zero attached hydrogens (tertiary/aromatic N) is 1. The Balaban J connectivity index is 3.39. The molecule has 1 aromatic heterocycles. The molecule has 1 heterocycles. The Kier molecular flexibility index (Phi) is 3.42. The first-order valence-corrected chi connectivity index (χ1v) is 5.16. The fraction of sp³-hybridized carbons (Fsp3) is 0.167. The van der Waals surface area contributed by atoms with Crippen LogP contribution in [0.25, 0.3) is 0 Å². The summed E-state index contributed by atoms with van der Waals surface area (Å²) in [7, 11) is 1.52. The monoisotopic (exact) mass is 362 g/mol. The fourth-order valence-corrected chi connectivity index (χ4v) is 2.09. The second kappa shape index (κ2) is 3.97. The molecule has 2 N–H and O–H groups in total. The van der Waals surface area contributed by atoms with Crippen molar-refractivity contribution in [1.82, 2.24) is 4.98 Å². The van der Waals surface area contributed by atoms with E-state index in [0.717, 1.165) is 3.57 Å². The Morgan fingerprint density at radius 2 is 2.25 bits per heavy atom. The molecule has 0 bridgehead atoms. The van der Waals surface area contributed by atoms with Crippen LogP contribution in [0.15, 0.2) is 4.47 Å². The van der Waals surface area contributed by atoms with E-state index in [2.05, 4.69) is 20.9 Å². The van der Waals surface area contributed by atoms with Crippen LogP contribution < -0.4 is 10.5 Å². The third-order valence-electron chi connectivity index (χ3n) is 1.23. The zero-order valence-electron chi connectivity index (χ0n) is 6.07. The van der Waals surface area contributed by atoms with Gasteiger partial charge in [0, 0.05) is 0 Å². The van der Waals surface area contributed by atoms with E-state index < -0.39 is 0 Å². The smallest absolute Gasteiger partial charge is 0.230 e. The molecule has 6 heteroatoms. The topological polar surface area (TPSA) is 48.1 Å². The number of hydrogen-bond acceptors (Lipinski definition) is 3. The Labute approximate surface area is 96.9 Å². The Bertz CT molecular complexity index is 321. The number of pyridine rings is 1. The van der Waals surface area contributed by atoms with Gasteiger partial charge in [-0.2, -0.15) is 4.98 Å². The van der Waals surface area contributed by atoms with Crippen LogP contribution in [0.2, 0.25) is 5.15 Å². The third-order valence-corrected chi connectivity index (χ3v) is 3.58. The second-order valence-corrected chi connectivity index (χ2v) is 4.18. The van der Waals surface area contributed by atoms with Gasteiger partial charge in [-0.15, -0.1) is 0 Å². The molecule has 12 heavy (non-hydrogen) atoms. The van der Waals surface area contributed by atoms with Gasteiger partial charge in [0.05, 0.1) is 20.8 Å². The normalized spacial score (nSPS) is 10.0. The third kappa shape index (κ3) is 1.77. The number of halogens is 3. The maximum Gasteiger partial charge on any atom is 0.230 e. The van der Waals surface area contributed by atoms with E-state index in [1.165, 1.54) is 7.11 Å². The van der Waals surface area contributed by atoms with Gasteiger partial charge < -0.3 is 10.5 Å². The summed E-state index contributed by atoms with van der Waals surface area (Å²) in [4.78, 5) is 3.96. The van der Waals surface area contributed by atoms with E-state index in [-0.39, 0.29) is 0 Å². The fourth-order valence-electron chi connectivity index (χ4n) is 0.645. The highest BCUT2D eigenvalue weighted by atomic mass is 127. The van der Waals surface area contributed by atoms with E-state index in [0.29, 0.717) is 21.2 Å². The number of hydrogen-bond donors (Lipinski definition) is 1. The minimum atomic E-state index is 0.310. The van der Waals surface area contributed by atoms with Crippen molar-refractivity contribution in [3.63, 3.8) is 0 Å². The molecule has 1 rings (SSSR count). The predicted molar refractivity (Wildman–Crippen MR) is 60.6 cm³/mol. The number of nitrogen functional groups attached to an aromatic ring is 1. The van der Waals surface area contributed by atoms with Crippen LogP contribution in [-0.4, -0.2) is 12.1 Å². The molecule has 0 fully saturated rings. The molecule has 1 aromatic rings. The number of nitrogens with two attached hydrogens (primary N) is 1. The van der Waals surface area contributed by atoms with Gasteiger partial charge in [0.15, 0.2) is 0 Å². The molecule has 0 radical (unpaired) electrons. The molecule has 0 aliphatic rings. The summed E-state index contributed by atoms with van der Waals surface area (Å²) < 4.78 is 6.32. The van der Waals surface area contributed by atoms with Gasteiger partial charge in [-0.3, -0.25) is 0 Å². The minimum absolute atomic E-state index is 0.310. The first-order chi connectivity index (χ1) is 5.57. The quantitative estimate of drug-likeness (QED) is 0.617. The zero-order valence-corrected chi connectivity index (χ0v) is 10.6. The number of rotatable bonds is 1. The molecule has 0 aromatic carbocycles. The standard InChI is InChI=1S/C6H5BrClIN2O/c1-12-6-3(9)4(10)2(7)5(8)11-6/h1H3,(H2,10,11). The van der Waals surface area contributed by atoms with Gasteiger partial charge in [0.1, 0.15) is 5.15 Å². The van der Waals surface area contributed by atoms with Crippen molar-refractivity contribution in [3.05, 3.63) is 13.2 Å². The Morgan fingerprint density at radius 1 is 1.67 bits per heavy atom. The molecular weight excluding hydrogens is 358 g/mol. The van der Waals surface area contributed by atoms with Gasteiger partial charge in [-0.05, 0) is 38.5 Å². The SMILES string of the molecule is COc1nc(Cl)c(Br)c(N)c1I. The van der Waals surface area contributed by atoms with Crippen molar-refractivity contribution < 1.29 is 4.74 Å². The van der Waals surface area contributed by atoms with Crippen LogP contribution >= 0.6 is 50.1 Å². The van der Waals surface area contributed by atoms with Crippen molar-refractivity contribution in [2.24, 2.45) is 0 Å². The maximum absolute atomic E-state index is 5.75. The van der Waals surface area contributed by atoms with Crippen molar-refractivity contribution in [1.29, 1.82) is 0 Å². The molecule has 0 atom stereocenters. The first kappa shape index (κ1) is 10.3. The summed E-state index contributed by atoms with van der Waals surface area (Å²) in [5.74, 6) is 0.446. The summed E-state index contributed by atoms with van der Waals surface area (Å²) in [6.45, 7) is 0. The molecule has 0 saturated heterocycles. The van der Waals surface area contributed by atoms with Crippen LogP contribution in [0, 0.1) is 3.57 Å². The van der Waals surface area contributed by atoms with Crippen molar-refractivity contribution in [2.45, 2.75) is 0 Å². The predicted octanol–water partition coefficient (Wildman–Crippen LogP) is 2.69. The lowest BCUT2D eigenvalue weighted by Crippen LogP contribution is -1.98. The molecule has 0 aliphatic carbocycles. The molecule has 0 spiro atoms. The summed E-state index contributed by atoms with van der Waals surface area (Å²) in [6, 6.07) is 0. The maximum atomic E-state index is 5.75. The van der Waals surface area contributed by atoms with E-state index in [1.54, 1.807) is 0 Å². The average molecular weight is 363 g/mol. The lowest BCUT2D eigenvalue weighted by molar-refractivity contribution is 0.395. The van der Waals surface area contributed by atoms with Gasteiger partial charge in [-0.25, -0.2) is 0 Å². The van der Waals surface area contributed by atoms with Crippen molar-refractivity contribution >= 4 is 55.8 Å². The molecule has 0 aliphatic heterocycles. The Morgan fingerprint density at radius 3 is 2.75 bits per heavy atom. The van der Waals surface area contributed by atoms with Crippen LogP contribution in [0.4, 0.5) is 5.69 Å². The summed E-state index contributed by atoms with van der Waals surface area (Å²) in [5, 5.41) is 0.310. The van der Waals surface area contributed by atoms with Crippen LogP contribution in [-0.2, 0) is 0 Å². The van der Waals surface area contributed by atoms with E-state index in [1.807, 2.05) is 22.6 Å². The van der Waals surface area contributed by atoms with Gasteiger partial charge in [0.25, 0.3) is 0 Å². The van der Waals surface area contributed by atoms with Gasteiger partial charge in [-0.1, -0.05) is 11.6 Å². The molecule has 0 saturated carbocycles. The van der Waals surface area contributed by atoms with Gasteiger partial charge in [0.2, 0.25) is 5.88 Å². The largest absolute Gasteiger partial charge is 0.480 e. The number of ether oxygens (including phenoxy) is 1. The Hall–Kier alpha value is 0.250. The lowest BCUT2D eigenvalue weighted by atomic mass is 10.4. The van der Waals surface area contributed by atoms with Crippen LogP contribution in [0.3, 0.4) is 0 Å². The molecular formula is C6H5BrClIN2O. The number of methoxy groups -OCH3 is 1. The van der Waals surface area contributed by atoms with E-state index in [9.17, 15) is 0 Å². The lowest BCUT2D eigenvalue weighted by Gasteiger charge is -2.07. The number of anilines is 1. The summed E-state index contributed by atoms with van der Waals surface area (Å²) in [6.07, 6.45) is 0. The first-order valence-electron chi connectivity index (χ1n) is 2.92. The minimum Gasteiger partial charge on any atom is -0.480 e. The van der Waals surface area contributed by atoms with Crippen molar-refractivity contribution in [3.8, 4) is 5.88 Å². The highest BCUT2D eigenvalue weighted by molar-refractivity contribution is 14.1. The van der Waals surface area contributed by atoms with Crippen LogP contribution in [0.1, 0.15) is 0 Å². The molecule has 0 unspecified atom stereocenters. The molecule has 3 nitrogen and oxygen atoms in total. The van der Waals surface area contributed by atoms with Crippen molar-refractivity contribution in [2.75, 3.05) is 12.8 Å². The highest BCUT2D eigenvalue weighted by Crippen LogP contribution is 2.35. The summed E-state index contributed by atoms with van der Waals surface area (Å²) in [5.41, 5.74) is 6.25. The molecule has 0 amide bonds. The summed E-state index contributed by atoms with van der Waals surface area (Å²) >= 11 is 11.0. The van der Waals surface area contributed by atoms with Crippen LogP contribution in [0.5, 0.6) is 5.88 Å². The number of aromatic nitrogens is 1. The average Bonchev–Trinajstić information content (AvgIpc) is 2.08. The zero-order chi connectivity index (χ0) is 9.30. The van der Waals surface area contributed by atoms with Gasteiger partial charge >= 0.3 is 0 Å². The second-order valence-electron chi connectivity index (χ2n) is 1.95. The van der Waals surface area contributed by atoms with E-state index >= 15 is 0 Å².